The smallest absolute Gasteiger partial charge is 0.289 e. The number of nitrogens with one attached hydrogen (secondary N) is 1. The number of ether oxygens (including phenoxy) is 1. The number of carbonyl (C=O) groups excluding carboxylic acids is 1. The second kappa shape index (κ2) is 8.07. The van der Waals surface area contributed by atoms with Crippen molar-refractivity contribution in [2.24, 2.45) is 0 Å². The Morgan fingerprint density at radius 1 is 1.19 bits per heavy atom. The second-order valence-corrected chi connectivity index (χ2v) is 7.24. The van der Waals surface area contributed by atoms with Crippen LogP contribution in [-0.4, -0.2) is 32.3 Å². The Morgan fingerprint density at radius 2 is 1.81 bits per heavy atom. The van der Waals surface area contributed by atoms with E-state index in [0.717, 1.165) is 17.7 Å². The van der Waals surface area contributed by atoms with Crippen molar-refractivity contribution < 1.29 is 22.9 Å². The maximum absolute atomic E-state index is 12.6. The molecule has 2 rings (SSSR count). The van der Waals surface area contributed by atoms with E-state index in [-0.39, 0.29) is 6.42 Å². The molecule has 0 unspecified atom stereocenters. The summed E-state index contributed by atoms with van der Waals surface area (Å²) in [7, 11) is -2.73. The van der Waals surface area contributed by atoms with E-state index < -0.39 is 37.4 Å². The average Bonchev–Trinajstić information content (AvgIpc) is 2.61. The van der Waals surface area contributed by atoms with Gasteiger partial charge in [-0.1, -0.05) is 24.3 Å². The third-order valence-electron chi connectivity index (χ3n) is 3.74. The number of ketones is 1. The van der Waals surface area contributed by atoms with Gasteiger partial charge >= 0.3 is 0 Å². The summed E-state index contributed by atoms with van der Waals surface area (Å²) in [5.41, 5.74) is 0.169. The molecule has 0 radical (unpaired) electrons. The van der Waals surface area contributed by atoms with Gasteiger partial charge in [0, 0.05) is 6.07 Å². The lowest BCUT2D eigenvalue weighted by Crippen LogP contribution is -2.41. The van der Waals surface area contributed by atoms with Gasteiger partial charge in [-0.05, 0) is 37.1 Å². The molecule has 0 fully saturated rings. The summed E-state index contributed by atoms with van der Waals surface area (Å²) >= 11 is 0. The Kier molecular flexibility index (Phi) is 6.06. The molecule has 0 amide bonds. The molecular weight excluding hydrogens is 360 g/mol. The van der Waals surface area contributed by atoms with Gasteiger partial charge in [-0.25, -0.2) is 13.1 Å². The first kappa shape index (κ1) is 19.5. The van der Waals surface area contributed by atoms with E-state index in [2.05, 4.69) is 4.72 Å². The Hall–Kier alpha value is -2.78. The number of Topliss-reactive ketones (excluding diaryl/α,β-unsaturated/α-hetero) is 1. The van der Waals surface area contributed by atoms with Crippen molar-refractivity contribution in [2.45, 2.75) is 24.3 Å². The van der Waals surface area contributed by atoms with E-state index in [4.69, 9.17) is 4.74 Å². The van der Waals surface area contributed by atoms with Gasteiger partial charge in [0.25, 0.3) is 5.69 Å². The molecule has 0 bridgehead atoms. The minimum atomic E-state index is -4.25. The SMILES string of the molecule is COc1ccc(C[C@@H](NS(=O)(=O)c2ccccc2[N+](=O)[O-])C(C)=O)cc1. The van der Waals surface area contributed by atoms with Crippen molar-refractivity contribution in [3.8, 4) is 5.75 Å². The predicted octanol–water partition coefficient (Wildman–Crippen LogP) is 2.08. The average molecular weight is 378 g/mol. The molecule has 9 heteroatoms. The zero-order chi connectivity index (χ0) is 19.3. The largest absolute Gasteiger partial charge is 0.497 e. The first-order valence-electron chi connectivity index (χ1n) is 7.63. The molecule has 1 N–H and O–H groups in total. The summed E-state index contributed by atoms with van der Waals surface area (Å²) < 4.78 is 32.5. The lowest BCUT2D eigenvalue weighted by Gasteiger charge is -2.16. The number of nitro groups is 1. The molecule has 0 heterocycles. The third-order valence-corrected chi connectivity index (χ3v) is 5.26. The summed E-state index contributed by atoms with van der Waals surface area (Å²) in [5.74, 6) is 0.233. The highest BCUT2D eigenvalue weighted by molar-refractivity contribution is 7.89. The Labute approximate surface area is 151 Å². The molecule has 1 atom stereocenters. The van der Waals surface area contributed by atoms with Gasteiger partial charge < -0.3 is 4.74 Å². The number of methoxy groups -OCH3 is 1. The monoisotopic (exact) mass is 378 g/mol. The quantitative estimate of drug-likeness (QED) is 0.555. The molecule has 0 spiro atoms. The molecule has 26 heavy (non-hydrogen) atoms. The number of hydrogen-bond donors (Lipinski definition) is 1. The van der Waals surface area contributed by atoms with Gasteiger partial charge in [-0.3, -0.25) is 14.9 Å². The van der Waals surface area contributed by atoms with Gasteiger partial charge in [0.15, 0.2) is 4.90 Å². The summed E-state index contributed by atoms with van der Waals surface area (Å²) in [6.07, 6.45) is 0.110. The lowest BCUT2D eigenvalue weighted by atomic mass is 10.0. The van der Waals surface area contributed by atoms with Crippen molar-refractivity contribution >= 4 is 21.5 Å². The van der Waals surface area contributed by atoms with E-state index in [1.54, 1.807) is 24.3 Å². The zero-order valence-corrected chi connectivity index (χ0v) is 15.0. The Bertz CT molecular complexity index is 909. The first-order chi connectivity index (χ1) is 12.2. The van der Waals surface area contributed by atoms with Crippen LogP contribution in [0.4, 0.5) is 5.69 Å². The molecule has 0 aromatic heterocycles. The minimum absolute atomic E-state index is 0.110. The van der Waals surface area contributed by atoms with Crippen molar-refractivity contribution in [1.82, 2.24) is 4.72 Å². The number of rotatable bonds is 8. The van der Waals surface area contributed by atoms with Crippen molar-refractivity contribution in [3.05, 3.63) is 64.2 Å². The summed E-state index contributed by atoms with van der Waals surface area (Å²) in [4.78, 5) is 21.7. The molecule has 8 nitrogen and oxygen atoms in total. The van der Waals surface area contributed by atoms with Crippen LogP contribution in [0.25, 0.3) is 0 Å². The maximum atomic E-state index is 12.6. The molecule has 138 valence electrons. The van der Waals surface area contributed by atoms with Crippen molar-refractivity contribution in [3.63, 3.8) is 0 Å². The van der Waals surface area contributed by atoms with Crippen LogP contribution in [0, 0.1) is 10.1 Å². The van der Waals surface area contributed by atoms with E-state index in [9.17, 15) is 23.3 Å². The van der Waals surface area contributed by atoms with Gasteiger partial charge in [-0.15, -0.1) is 0 Å². The maximum Gasteiger partial charge on any atom is 0.289 e. The molecule has 0 aliphatic rings. The fraction of sp³-hybridized carbons (Fsp3) is 0.235. The van der Waals surface area contributed by atoms with E-state index in [1.165, 1.54) is 26.2 Å². The van der Waals surface area contributed by atoms with E-state index in [0.29, 0.717) is 5.75 Å². The molecular formula is C17H18N2O6S. The lowest BCUT2D eigenvalue weighted by molar-refractivity contribution is -0.387. The van der Waals surface area contributed by atoms with Gasteiger partial charge in [-0.2, -0.15) is 0 Å². The number of nitrogens with zero attached hydrogens (tertiary/aromatic N) is 1. The van der Waals surface area contributed by atoms with Crippen molar-refractivity contribution in [1.29, 1.82) is 0 Å². The highest BCUT2D eigenvalue weighted by atomic mass is 32.2. The molecule has 0 saturated heterocycles. The molecule has 2 aromatic rings. The predicted molar refractivity (Wildman–Crippen MR) is 94.6 cm³/mol. The third kappa shape index (κ3) is 4.64. The van der Waals surface area contributed by atoms with Crippen LogP contribution >= 0.6 is 0 Å². The summed E-state index contributed by atoms with van der Waals surface area (Å²) in [6, 6.07) is 10.8. The number of sulfonamides is 1. The fourth-order valence-electron chi connectivity index (χ4n) is 2.35. The zero-order valence-electron chi connectivity index (χ0n) is 14.2. The van der Waals surface area contributed by atoms with Gasteiger partial charge in [0.2, 0.25) is 10.0 Å². The van der Waals surface area contributed by atoms with E-state index >= 15 is 0 Å². The molecule has 2 aromatic carbocycles. The normalized spacial score (nSPS) is 12.4. The van der Waals surface area contributed by atoms with Crippen LogP contribution in [0.5, 0.6) is 5.75 Å². The highest BCUT2D eigenvalue weighted by Crippen LogP contribution is 2.23. The minimum Gasteiger partial charge on any atom is -0.497 e. The van der Waals surface area contributed by atoms with Crippen LogP contribution in [-0.2, 0) is 21.2 Å². The van der Waals surface area contributed by atoms with Gasteiger partial charge in [0.1, 0.15) is 11.5 Å². The van der Waals surface area contributed by atoms with Crippen LogP contribution in [0.15, 0.2) is 53.4 Å². The number of hydrogen-bond acceptors (Lipinski definition) is 6. The molecule has 0 aliphatic heterocycles. The fourth-order valence-corrected chi connectivity index (χ4v) is 3.78. The van der Waals surface area contributed by atoms with Crippen LogP contribution in [0.2, 0.25) is 0 Å². The second-order valence-electron chi connectivity index (χ2n) is 5.56. The first-order valence-corrected chi connectivity index (χ1v) is 9.12. The summed E-state index contributed by atoms with van der Waals surface area (Å²) in [5, 5.41) is 11.1. The molecule has 0 aliphatic carbocycles. The van der Waals surface area contributed by atoms with Crippen LogP contribution in [0.1, 0.15) is 12.5 Å². The standard InChI is InChI=1S/C17H18N2O6S/c1-12(20)15(11-13-7-9-14(25-2)10-8-13)18-26(23,24)17-6-4-3-5-16(17)19(21)22/h3-10,15,18H,11H2,1-2H3/t15-/m1/s1. The number of carbonyl (C=O) groups is 1. The Balaban J connectivity index is 2.28. The van der Waals surface area contributed by atoms with Crippen LogP contribution < -0.4 is 9.46 Å². The number of benzene rings is 2. The highest BCUT2D eigenvalue weighted by Gasteiger charge is 2.29. The number of nitro benzene ring substituents is 1. The van der Waals surface area contributed by atoms with Gasteiger partial charge in [0.05, 0.1) is 18.1 Å². The summed E-state index contributed by atoms with van der Waals surface area (Å²) in [6.45, 7) is 1.26. The van der Waals surface area contributed by atoms with E-state index in [1.807, 2.05) is 0 Å². The Morgan fingerprint density at radius 3 is 2.35 bits per heavy atom. The van der Waals surface area contributed by atoms with Crippen LogP contribution in [0.3, 0.4) is 0 Å². The van der Waals surface area contributed by atoms with Crippen molar-refractivity contribution in [2.75, 3.05) is 7.11 Å². The molecule has 0 saturated carbocycles. The topological polar surface area (TPSA) is 116 Å². The number of para-hydroxylation sites is 1.